The van der Waals surface area contributed by atoms with E-state index in [-0.39, 0.29) is 24.0 Å². The van der Waals surface area contributed by atoms with E-state index in [9.17, 15) is 0 Å². The van der Waals surface area contributed by atoms with Crippen molar-refractivity contribution in [2.45, 2.75) is 45.1 Å². The first-order valence-electron chi connectivity index (χ1n) is 9.85. The third-order valence-electron chi connectivity index (χ3n) is 5.90. The molecule has 1 N–H and O–H groups in total. The fraction of sp³-hybridized carbons (Fsp3) is 0.700. The minimum atomic E-state index is 0. The predicted molar refractivity (Wildman–Crippen MR) is 115 cm³/mol. The number of aromatic nitrogens is 1. The second kappa shape index (κ2) is 9.24. The number of hydrogen-bond acceptors (Lipinski definition) is 3. The molecule has 0 radical (unpaired) electrons. The molecule has 6 heteroatoms. The number of likely N-dealkylation sites (tertiary alicyclic amines) is 1. The molecule has 0 spiro atoms. The number of guanidine groups is 1. The van der Waals surface area contributed by atoms with Crippen molar-refractivity contribution >= 4 is 29.9 Å². The van der Waals surface area contributed by atoms with Crippen LogP contribution in [0.1, 0.15) is 44.1 Å². The van der Waals surface area contributed by atoms with Crippen molar-refractivity contribution in [2.24, 2.45) is 22.7 Å². The van der Waals surface area contributed by atoms with Gasteiger partial charge in [-0.2, -0.15) is 0 Å². The Kier molecular flexibility index (Phi) is 7.00. The van der Waals surface area contributed by atoms with Gasteiger partial charge in [0.15, 0.2) is 5.96 Å². The Morgan fingerprint density at radius 2 is 1.92 bits per heavy atom. The van der Waals surface area contributed by atoms with Gasteiger partial charge in [0.25, 0.3) is 0 Å². The van der Waals surface area contributed by atoms with E-state index >= 15 is 0 Å². The molecule has 0 amide bonds. The van der Waals surface area contributed by atoms with Crippen molar-refractivity contribution in [3.8, 4) is 5.88 Å². The van der Waals surface area contributed by atoms with Gasteiger partial charge in [0.1, 0.15) is 0 Å². The Balaban J connectivity index is 0.00000196. The molecule has 2 saturated carbocycles. The van der Waals surface area contributed by atoms with Crippen LogP contribution in [0.15, 0.2) is 23.3 Å². The van der Waals surface area contributed by atoms with Gasteiger partial charge >= 0.3 is 0 Å². The Morgan fingerprint density at radius 3 is 2.50 bits per heavy atom. The van der Waals surface area contributed by atoms with E-state index < -0.39 is 0 Å². The fourth-order valence-electron chi connectivity index (χ4n) is 4.18. The first-order chi connectivity index (χ1) is 12.3. The zero-order chi connectivity index (χ0) is 17.1. The molecule has 4 rings (SSSR count). The van der Waals surface area contributed by atoms with E-state index in [2.05, 4.69) is 26.3 Å². The number of nitrogens with one attached hydrogen (secondary N) is 1. The maximum absolute atomic E-state index is 5.70. The summed E-state index contributed by atoms with van der Waals surface area (Å²) in [5.41, 5.74) is 1.16. The van der Waals surface area contributed by atoms with E-state index in [4.69, 9.17) is 4.74 Å². The van der Waals surface area contributed by atoms with Crippen LogP contribution in [0.4, 0.5) is 0 Å². The van der Waals surface area contributed by atoms with Gasteiger partial charge in [-0.15, -0.1) is 24.0 Å². The standard InChI is InChI=1S/C20H30N4O.HI/c1-21-20(24-12-17-4-2-3-5-18(17)13-24)23-11-16-8-9-19(22-10-16)25-14-15-6-7-15;/h8-10,15,17-18H,2-7,11-14H2,1H3,(H,21,23);1H. The number of fused-ring (bicyclic) bond motifs is 1. The smallest absolute Gasteiger partial charge is 0.213 e. The SMILES string of the molecule is CN=C(NCc1ccc(OCC2CC2)nc1)N1CC2CCCCC2C1.I. The molecule has 0 bridgehead atoms. The maximum atomic E-state index is 5.70. The van der Waals surface area contributed by atoms with Crippen LogP contribution in [0.5, 0.6) is 5.88 Å². The summed E-state index contributed by atoms with van der Waals surface area (Å²) in [6.45, 7) is 3.90. The van der Waals surface area contributed by atoms with E-state index in [0.29, 0.717) is 0 Å². The van der Waals surface area contributed by atoms with Gasteiger partial charge in [-0.25, -0.2) is 4.98 Å². The molecule has 3 aliphatic rings. The fourth-order valence-corrected chi connectivity index (χ4v) is 4.18. The molecular weight excluding hydrogens is 439 g/mol. The van der Waals surface area contributed by atoms with Crippen molar-refractivity contribution < 1.29 is 4.74 Å². The highest BCUT2D eigenvalue weighted by Gasteiger charge is 2.35. The molecule has 1 aliphatic heterocycles. The topological polar surface area (TPSA) is 49.8 Å². The highest BCUT2D eigenvalue weighted by Crippen LogP contribution is 2.36. The minimum Gasteiger partial charge on any atom is -0.477 e. The summed E-state index contributed by atoms with van der Waals surface area (Å²) < 4.78 is 5.70. The summed E-state index contributed by atoms with van der Waals surface area (Å²) in [7, 11) is 1.89. The summed E-state index contributed by atoms with van der Waals surface area (Å²) in [5.74, 6) is 4.27. The van der Waals surface area contributed by atoms with Crippen LogP contribution in [0.2, 0.25) is 0 Å². The lowest BCUT2D eigenvalue weighted by molar-refractivity contribution is 0.288. The maximum Gasteiger partial charge on any atom is 0.213 e. The van der Waals surface area contributed by atoms with E-state index in [1.165, 1.54) is 38.5 Å². The molecule has 1 saturated heterocycles. The average molecular weight is 470 g/mol. The van der Waals surface area contributed by atoms with Crippen molar-refractivity contribution in [1.29, 1.82) is 0 Å². The third kappa shape index (κ3) is 5.02. The van der Waals surface area contributed by atoms with Crippen LogP contribution in [0.3, 0.4) is 0 Å². The second-order valence-corrected chi connectivity index (χ2v) is 7.87. The number of halogens is 1. The van der Waals surface area contributed by atoms with Gasteiger partial charge < -0.3 is 15.0 Å². The molecule has 2 aliphatic carbocycles. The Hall–Kier alpha value is -1.05. The van der Waals surface area contributed by atoms with Gasteiger partial charge in [-0.3, -0.25) is 4.99 Å². The Morgan fingerprint density at radius 1 is 1.19 bits per heavy atom. The monoisotopic (exact) mass is 470 g/mol. The molecule has 1 aromatic heterocycles. The van der Waals surface area contributed by atoms with Crippen LogP contribution < -0.4 is 10.1 Å². The quantitative estimate of drug-likeness (QED) is 0.405. The minimum absolute atomic E-state index is 0. The molecule has 2 atom stereocenters. The molecule has 2 heterocycles. The number of aliphatic imine (C=N–C) groups is 1. The molecule has 1 aromatic rings. The van der Waals surface area contributed by atoms with Crippen molar-refractivity contribution in [2.75, 3.05) is 26.7 Å². The first kappa shape index (κ1) is 19.7. The van der Waals surface area contributed by atoms with Gasteiger partial charge in [-0.05, 0) is 49.0 Å². The highest BCUT2D eigenvalue weighted by molar-refractivity contribution is 14.0. The molecule has 144 valence electrons. The third-order valence-corrected chi connectivity index (χ3v) is 5.90. The lowest BCUT2D eigenvalue weighted by atomic mass is 9.82. The summed E-state index contributed by atoms with van der Waals surface area (Å²) in [6, 6.07) is 4.08. The normalized spacial score (nSPS) is 25.4. The highest BCUT2D eigenvalue weighted by atomic mass is 127. The largest absolute Gasteiger partial charge is 0.477 e. The van der Waals surface area contributed by atoms with Gasteiger partial charge in [0.2, 0.25) is 5.88 Å². The summed E-state index contributed by atoms with van der Waals surface area (Å²) in [6.07, 6.45) is 10.1. The number of hydrogen-bond donors (Lipinski definition) is 1. The van der Waals surface area contributed by atoms with Crippen molar-refractivity contribution in [3.05, 3.63) is 23.9 Å². The molecule has 26 heavy (non-hydrogen) atoms. The predicted octanol–water partition coefficient (Wildman–Crippen LogP) is 3.69. The van der Waals surface area contributed by atoms with Crippen molar-refractivity contribution in [1.82, 2.24) is 15.2 Å². The summed E-state index contributed by atoms with van der Waals surface area (Å²) in [5, 5.41) is 3.51. The zero-order valence-electron chi connectivity index (χ0n) is 15.7. The molecule has 2 unspecified atom stereocenters. The number of pyridine rings is 1. The lowest BCUT2D eigenvalue weighted by Crippen LogP contribution is -2.39. The first-order valence-corrected chi connectivity index (χ1v) is 9.85. The average Bonchev–Trinajstić information content (AvgIpc) is 3.38. The number of ether oxygens (including phenoxy) is 1. The molecule has 3 fully saturated rings. The molecular formula is C20H31IN4O. The molecule has 0 aromatic carbocycles. The van der Waals surface area contributed by atoms with Gasteiger partial charge in [0, 0.05) is 38.9 Å². The number of rotatable bonds is 5. The van der Waals surface area contributed by atoms with Crippen LogP contribution in [0, 0.1) is 17.8 Å². The van der Waals surface area contributed by atoms with E-state index in [0.717, 1.165) is 61.4 Å². The zero-order valence-corrected chi connectivity index (χ0v) is 18.0. The Labute approximate surface area is 174 Å². The lowest BCUT2D eigenvalue weighted by Gasteiger charge is -2.22. The number of nitrogens with zero attached hydrogens (tertiary/aromatic N) is 3. The van der Waals surface area contributed by atoms with E-state index in [1.807, 2.05) is 19.3 Å². The van der Waals surface area contributed by atoms with Crippen LogP contribution >= 0.6 is 24.0 Å². The van der Waals surface area contributed by atoms with Crippen LogP contribution in [0.25, 0.3) is 0 Å². The summed E-state index contributed by atoms with van der Waals surface area (Å²) >= 11 is 0. The van der Waals surface area contributed by atoms with Crippen molar-refractivity contribution in [3.63, 3.8) is 0 Å². The van der Waals surface area contributed by atoms with E-state index in [1.54, 1.807) is 0 Å². The van der Waals surface area contributed by atoms with Gasteiger partial charge in [0.05, 0.1) is 6.61 Å². The van der Waals surface area contributed by atoms with Crippen LogP contribution in [-0.4, -0.2) is 42.6 Å². The van der Waals surface area contributed by atoms with Gasteiger partial charge in [-0.1, -0.05) is 18.9 Å². The Bertz CT molecular complexity index is 588. The molecule has 5 nitrogen and oxygen atoms in total. The van der Waals surface area contributed by atoms with Crippen LogP contribution in [-0.2, 0) is 6.54 Å². The second-order valence-electron chi connectivity index (χ2n) is 7.87. The summed E-state index contributed by atoms with van der Waals surface area (Å²) in [4.78, 5) is 11.4.